The third-order valence-electron chi connectivity index (χ3n) is 9.22. The van der Waals surface area contributed by atoms with Crippen LogP contribution in [0, 0.1) is 0 Å². The van der Waals surface area contributed by atoms with Crippen LogP contribution in [0.25, 0.3) is 94.4 Å². The highest BCUT2D eigenvalue weighted by molar-refractivity contribution is 6.27. The van der Waals surface area contributed by atoms with Gasteiger partial charge in [-0.25, -0.2) is 4.98 Å². The van der Waals surface area contributed by atoms with Crippen LogP contribution < -0.4 is 0 Å². The van der Waals surface area contributed by atoms with Gasteiger partial charge in [-0.05, 0) is 57.6 Å². The molecule has 0 spiro atoms. The molecule has 0 atom stereocenters. The topological polar surface area (TPSA) is 56.7 Å². The van der Waals surface area contributed by atoms with Crippen molar-refractivity contribution in [3.8, 4) is 39.9 Å². The lowest BCUT2D eigenvalue weighted by atomic mass is 9.99. The predicted molar refractivity (Wildman–Crippen MR) is 195 cm³/mol. The predicted octanol–water partition coefficient (Wildman–Crippen LogP) is 11.0. The molecule has 3 heterocycles. The summed E-state index contributed by atoms with van der Waals surface area (Å²) in [5, 5.41) is 6.70. The molecule has 48 heavy (non-hydrogen) atoms. The molecule has 0 amide bonds. The summed E-state index contributed by atoms with van der Waals surface area (Å²) in [5.41, 5.74) is 7.62. The van der Waals surface area contributed by atoms with Crippen molar-refractivity contribution >= 4 is 54.5 Å². The van der Waals surface area contributed by atoms with Gasteiger partial charge in [0.2, 0.25) is 5.95 Å². The van der Waals surface area contributed by atoms with E-state index in [1.807, 2.05) is 72.8 Å². The molecule has 0 aliphatic heterocycles. The van der Waals surface area contributed by atoms with E-state index in [-0.39, 0.29) is 0 Å². The van der Waals surface area contributed by atoms with Crippen molar-refractivity contribution < 1.29 is 4.42 Å². The van der Waals surface area contributed by atoms with E-state index in [9.17, 15) is 0 Å². The Morgan fingerprint density at radius 3 is 1.83 bits per heavy atom. The summed E-state index contributed by atoms with van der Waals surface area (Å²) in [6.07, 6.45) is 0. The largest absolute Gasteiger partial charge is 0.456 e. The molecule has 5 nitrogen and oxygen atoms in total. The van der Waals surface area contributed by atoms with Crippen molar-refractivity contribution in [2.24, 2.45) is 0 Å². The van der Waals surface area contributed by atoms with Crippen LogP contribution in [0.3, 0.4) is 0 Å². The average Bonchev–Trinajstić information content (AvgIpc) is 3.42. The number of rotatable bonds is 4. The molecule has 0 saturated carbocycles. The minimum Gasteiger partial charge on any atom is -0.456 e. The van der Waals surface area contributed by atoms with Crippen molar-refractivity contribution in [1.29, 1.82) is 0 Å². The first kappa shape index (κ1) is 26.6. The Kier molecular flexibility index (Phi) is 5.81. The fourth-order valence-corrected chi connectivity index (χ4v) is 7.00. The monoisotopic (exact) mass is 614 g/mol. The highest BCUT2D eigenvalue weighted by atomic mass is 16.3. The third-order valence-corrected chi connectivity index (χ3v) is 9.22. The van der Waals surface area contributed by atoms with E-state index in [0.29, 0.717) is 17.6 Å². The summed E-state index contributed by atoms with van der Waals surface area (Å²) >= 11 is 0. The quantitative estimate of drug-likeness (QED) is 0.198. The standard InChI is InChI=1S/C43H26N4O/c1-3-13-28(14-4-1)41-44-42(29-15-5-2-6-16-29)46-43(45-41)47-35-20-11-19-34-33-18-9-10-21-37(33)48-38-26-32(25-36(47)40(38)39(34)35)31-23-22-27-12-7-8-17-30(27)24-31/h1-26H. The maximum atomic E-state index is 6.84. The van der Waals surface area contributed by atoms with E-state index in [0.717, 1.165) is 66.0 Å². The molecule has 0 aliphatic carbocycles. The first-order valence-corrected chi connectivity index (χ1v) is 16.0. The molecule has 0 bridgehead atoms. The summed E-state index contributed by atoms with van der Waals surface area (Å²) in [4.78, 5) is 15.3. The Balaban J connectivity index is 1.36. The van der Waals surface area contributed by atoms with E-state index in [2.05, 4.69) is 89.5 Å². The first-order valence-electron chi connectivity index (χ1n) is 16.0. The van der Waals surface area contributed by atoms with Crippen molar-refractivity contribution in [3.05, 3.63) is 158 Å². The summed E-state index contributed by atoms with van der Waals surface area (Å²) in [5.74, 6) is 1.78. The molecule has 0 fully saturated rings. The Hall–Kier alpha value is -6.59. The highest BCUT2D eigenvalue weighted by Crippen LogP contribution is 2.43. The molecule has 3 aromatic heterocycles. The second kappa shape index (κ2) is 10.5. The number of benzene rings is 7. The van der Waals surface area contributed by atoms with E-state index < -0.39 is 0 Å². The fourth-order valence-electron chi connectivity index (χ4n) is 7.00. The van der Waals surface area contributed by atoms with Crippen molar-refractivity contribution in [1.82, 2.24) is 19.5 Å². The first-order chi connectivity index (χ1) is 23.8. The minimum atomic E-state index is 0.551. The van der Waals surface area contributed by atoms with Crippen LogP contribution in [0.4, 0.5) is 0 Å². The van der Waals surface area contributed by atoms with Gasteiger partial charge in [0.15, 0.2) is 11.6 Å². The maximum Gasteiger partial charge on any atom is 0.238 e. The Morgan fingerprint density at radius 2 is 1.06 bits per heavy atom. The van der Waals surface area contributed by atoms with Gasteiger partial charge in [-0.15, -0.1) is 0 Å². The number of fused-ring (bicyclic) bond motifs is 3. The van der Waals surface area contributed by atoms with Crippen molar-refractivity contribution in [2.45, 2.75) is 0 Å². The average molecular weight is 615 g/mol. The zero-order chi connectivity index (χ0) is 31.6. The Bertz CT molecular complexity index is 2780. The van der Waals surface area contributed by atoms with Crippen LogP contribution in [-0.2, 0) is 0 Å². The second-order valence-electron chi connectivity index (χ2n) is 12.1. The number of aromatic nitrogens is 4. The molecule has 10 rings (SSSR count). The normalized spacial score (nSPS) is 11.8. The zero-order valence-corrected chi connectivity index (χ0v) is 25.7. The van der Waals surface area contributed by atoms with E-state index >= 15 is 0 Å². The molecule has 0 radical (unpaired) electrons. The van der Waals surface area contributed by atoms with Crippen LogP contribution >= 0.6 is 0 Å². The molecule has 0 saturated heterocycles. The summed E-state index contributed by atoms with van der Waals surface area (Å²) < 4.78 is 9.02. The molecule has 224 valence electrons. The van der Waals surface area contributed by atoms with Crippen molar-refractivity contribution in [3.63, 3.8) is 0 Å². The highest BCUT2D eigenvalue weighted by Gasteiger charge is 2.23. The van der Waals surface area contributed by atoms with Crippen LogP contribution in [0.5, 0.6) is 0 Å². The third kappa shape index (κ3) is 4.15. The second-order valence-corrected chi connectivity index (χ2v) is 12.1. The zero-order valence-electron chi connectivity index (χ0n) is 25.7. The van der Waals surface area contributed by atoms with Crippen LogP contribution in [0.1, 0.15) is 0 Å². The number of hydrogen-bond donors (Lipinski definition) is 0. The summed E-state index contributed by atoms with van der Waals surface area (Å²) in [7, 11) is 0. The Morgan fingerprint density at radius 1 is 0.396 bits per heavy atom. The minimum absolute atomic E-state index is 0.551. The number of hydrogen-bond acceptors (Lipinski definition) is 4. The number of nitrogens with zero attached hydrogens (tertiary/aromatic N) is 4. The molecular formula is C43H26N4O. The SMILES string of the molecule is c1ccc(-c2nc(-c3ccccc3)nc(-n3c4cc(-c5ccc6ccccc6c5)cc5oc6ccccc6c6cccc3c6c54)n2)cc1. The van der Waals surface area contributed by atoms with Gasteiger partial charge >= 0.3 is 0 Å². The van der Waals surface area contributed by atoms with Crippen LogP contribution in [0.2, 0.25) is 0 Å². The lowest BCUT2D eigenvalue weighted by molar-refractivity contribution is 0.664. The van der Waals surface area contributed by atoms with Crippen molar-refractivity contribution in [2.75, 3.05) is 0 Å². The smallest absolute Gasteiger partial charge is 0.238 e. The molecule has 10 aromatic rings. The molecule has 0 aliphatic rings. The van der Waals surface area contributed by atoms with E-state index in [4.69, 9.17) is 19.4 Å². The van der Waals surface area contributed by atoms with Crippen LogP contribution in [0.15, 0.2) is 162 Å². The van der Waals surface area contributed by atoms with Gasteiger partial charge < -0.3 is 4.42 Å². The molecular weight excluding hydrogens is 589 g/mol. The van der Waals surface area contributed by atoms with Gasteiger partial charge in [-0.3, -0.25) is 4.57 Å². The van der Waals surface area contributed by atoms with Gasteiger partial charge in [-0.1, -0.05) is 127 Å². The Labute approximate surface area is 275 Å². The van der Waals surface area contributed by atoms with Gasteiger partial charge in [0.05, 0.1) is 16.4 Å². The molecule has 7 aromatic carbocycles. The summed E-state index contributed by atoms with van der Waals surface area (Å²) in [6, 6.07) is 54.4. The molecule has 0 unspecified atom stereocenters. The van der Waals surface area contributed by atoms with Gasteiger partial charge in [-0.2, -0.15) is 9.97 Å². The lowest BCUT2D eigenvalue weighted by Gasteiger charge is -2.12. The fraction of sp³-hybridized carbons (Fsp3) is 0. The lowest BCUT2D eigenvalue weighted by Crippen LogP contribution is -2.06. The van der Waals surface area contributed by atoms with Gasteiger partial charge in [0.1, 0.15) is 11.2 Å². The van der Waals surface area contributed by atoms with E-state index in [1.54, 1.807) is 0 Å². The molecule has 0 N–H and O–H groups in total. The van der Waals surface area contributed by atoms with E-state index in [1.165, 1.54) is 10.8 Å². The summed E-state index contributed by atoms with van der Waals surface area (Å²) in [6.45, 7) is 0. The maximum absolute atomic E-state index is 6.84. The number of para-hydroxylation sites is 1. The van der Waals surface area contributed by atoms with Gasteiger partial charge in [0.25, 0.3) is 0 Å². The molecule has 5 heteroatoms. The van der Waals surface area contributed by atoms with Gasteiger partial charge in [0, 0.05) is 21.9 Å². The van der Waals surface area contributed by atoms with Crippen LogP contribution in [-0.4, -0.2) is 19.5 Å².